The van der Waals surface area contributed by atoms with E-state index < -0.39 is 4.92 Å². The number of aryl methyl sites for hydroxylation is 2. The van der Waals surface area contributed by atoms with Crippen molar-refractivity contribution in [2.24, 2.45) is 0 Å². The molecule has 0 amide bonds. The fourth-order valence-corrected chi connectivity index (χ4v) is 2.12. The molecule has 6 nitrogen and oxygen atoms in total. The molecule has 1 N–H and O–H groups in total. The topological polar surface area (TPSA) is 81.0 Å². The van der Waals surface area contributed by atoms with E-state index in [0.29, 0.717) is 23.9 Å². The minimum atomic E-state index is -0.422. The van der Waals surface area contributed by atoms with E-state index in [1.807, 2.05) is 31.2 Å². The number of rotatable bonds is 5. The highest BCUT2D eigenvalue weighted by Crippen LogP contribution is 2.31. The van der Waals surface area contributed by atoms with Gasteiger partial charge in [-0.1, -0.05) is 31.2 Å². The van der Waals surface area contributed by atoms with Crippen LogP contribution in [0.25, 0.3) is 11.3 Å². The monoisotopic (exact) mass is 286 g/mol. The molecule has 0 atom stereocenters. The van der Waals surface area contributed by atoms with Crippen molar-refractivity contribution < 1.29 is 4.92 Å². The molecule has 0 aliphatic heterocycles. The van der Waals surface area contributed by atoms with E-state index in [4.69, 9.17) is 0 Å². The normalized spacial score (nSPS) is 10.4. The number of hydrogen-bond donors (Lipinski definition) is 1. The number of nitrogens with one attached hydrogen (secondary N) is 1. The van der Waals surface area contributed by atoms with Crippen LogP contribution in [0.1, 0.15) is 25.1 Å². The maximum atomic E-state index is 11.3. The molecule has 0 saturated heterocycles. The molecule has 0 aliphatic rings. The summed E-state index contributed by atoms with van der Waals surface area (Å²) in [5, 5.41) is 14.3. The predicted molar refractivity (Wildman–Crippen MR) is 82.4 cm³/mol. The van der Waals surface area contributed by atoms with Gasteiger partial charge in [0.15, 0.2) is 5.69 Å². The highest BCUT2D eigenvalue weighted by Gasteiger charge is 2.23. The van der Waals surface area contributed by atoms with Crippen LogP contribution in [0.5, 0.6) is 0 Å². The zero-order valence-corrected chi connectivity index (χ0v) is 12.4. The summed E-state index contributed by atoms with van der Waals surface area (Å²) in [7, 11) is 0. The highest BCUT2D eigenvalue weighted by molar-refractivity contribution is 5.72. The third-order valence-electron chi connectivity index (χ3n) is 3.21. The van der Waals surface area contributed by atoms with Crippen molar-refractivity contribution in [3.05, 3.63) is 45.6 Å². The lowest BCUT2D eigenvalue weighted by Gasteiger charge is -2.08. The number of benzene rings is 1. The van der Waals surface area contributed by atoms with Gasteiger partial charge in [-0.25, -0.2) is 9.97 Å². The van der Waals surface area contributed by atoms with Gasteiger partial charge in [-0.05, 0) is 25.8 Å². The van der Waals surface area contributed by atoms with Crippen molar-refractivity contribution in [2.75, 3.05) is 11.9 Å². The van der Waals surface area contributed by atoms with Crippen molar-refractivity contribution >= 4 is 11.6 Å². The van der Waals surface area contributed by atoms with Crippen LogP contribution in [0.15, 0.2) is 24.3 Å². The minimum absolute atomic E-state index is 0.0408. The first-order valence-corrected chi connectivity index (χ1v) is 6.93. The van der Waals surface area contributed by atoms with E-state index in [0.717, 1.165) is 12.0 Å². The largest absolute Gasteiger partial charge is 0.354 e. The van der Waals surface area contributed by atoms with Crippen molar-refractivity contribution in [1.29, 1.82) is 0 Å². The first-order valence-electron chi connectivity index (χ1n) is 6.93. The summed E-state index contributed by atoms with van der Waals surface area (Å²) >= 11 is 0. The van der Waals surface area contributed by atoms with Crippen LogP contribution >= 0.6 is 0 Å². The molecule has 0 unspecified atom stereocenters. The number of nitro groups is 1. The Morgan fingerprint density at radius 1 is 1.19 bits per heavy atom. The van der Waals surface area contributed by atoms with E-state index >= 15 is 0 Å². The van der Waals surface area contributed by atoms with Crippen LogP contribution in [0, 0.1) is 17.0 Å². The van der Waals surface area contributed by atoms with Gasteiger partial charge in [-0.15, -0.1) is 0 Å². The first kappa shape index (κ1) is 14.9. The Kier molecular flexibility index (Phi) is 4.47. The summed E-state index contributed by atoms with van der Waals surface area (Å²) in [6.45, 7) is 6.28. The summed E-state index contributed by atoms with van der Waals surface area (Å²) in [5.41, 5.74) is 2.58. The molecule has 1 aromatic heterocycles. The van der Waals surface area contributed by atoms with Crippen LogP contribution in [-0.2, 0) is 6.42 Å². The van der Waals surface area contributed by atoms with Gasteiger partial charge in [-0.3, -0.25) is 10.1 Å². The lowest BCUT2D eigenvalue weighted by atomic mass is 10.1. The highest BCUT2D eigenvalue weighted by atomic mass is 16.6. The van der Waals surface area contributed by atoms with E-state index in [1.54, 1.807) is 6.92 Å². The molecule has 2 aromatic rings. The molecule has 110 valence electrons. The number of hydrogen-bond acceptors (Lipinski definition) is 5. The predicted octanol–water partition coefficient (Wildman–Crippen LogP) is 3.35. The fourth-order valence-electron chi connectivity index (χ4n) is 2.12. The summed E-state index contributed by atoms with van der Waals surface area (Å²) in [4.78, 5) is 19.3. The fraction of sp³-hybridized carbons (Fsp3) is 0.333. The summed E-state index contributed by atoms with van der Waals surface area (Å²) in [6, 6.07) is 7.65. The van der Waals surface area contributed by atoms with Crippen molar-refractivity contribution in [3.63, 3.8) is 0 Å². The second-order valence-electron chi connectivity index (χ2n) is 4.67. The van der Waals surface area contributed by atoms with Crippen LogP contribution in [-0.4, -0.2) is 21.4 Å². The third kappa shape index (κ3) is 3.16. The number of nitrogens with zero attached hydrogens (tertiary/aromatic N) is 3. The van der Waals surface area contributed by atoms with Gasteiger partial charge < -0.3 is 5.32 Å². The molecule has 0 aliphatic carbocycles. The third-order valence-corrected chi connectivity index (χ3v) is 3.21. The van der Waals surface area contributed by atoms with Crippen molar-refractivity contribution in [3.8, 4) is 11.3 Å². The molecule has 0 fully saturated rings. The average Bonchev–Trinajstić information content (AvgIpc) is 2.46. The molecule has 0 bridgehead atoms. The molecule has 1 heterocycles. The van der Waals surface area contributed by atoms with Gasteiger partial charge in [0.2, 0.25) is 5.95 Å². The molecule has 21 heavy (non-hydrogen) atoms. The SMILES string of the molecule is CCNc1nc(C)c([N+](=O)[O-])c(-c2ccc(CC)cc2)n1. The Bertz CT molecular complexity index is 653. The molecule has 0 saturated carbocycles. The molecule has 0 spiro atoms. The Morgan fingerprint density at radius 2 is 1.86 bits per heavy atom. The zero-order valence-electron chi connectivity index (χ0n) is 12.4. The van der Waals surface area contributed by atoms with Gasteiger partial charge >= 0.3 is 5.69 Å². The number of anilines is 1. The lowest BCUT2D eigenvalue weighted by Crippen LogP contribution is -2.07. The van der Waals surface area contributed by atoms with Gasteiger partial charge in [0, 0.05) is 12.1 Å². The molecule has 6 heteroatoms. The van der Waals surface area contributed by atoms with Crippen LogP contribution < -0.4 is 5.32 Å². The number of aromatic nitrogens is 2. The molecule has 2 rings (SSSR count). The van der Waals surface area contributed by atoms with E-state index in [1.165, 1.54) is 5.56 Å². The van der Waals surface area contributed by atoms with Gasteiger partial charge in [-0.2, -0.15) is 0 Å². The van der Waals surface area contributed by atoms with Gasteiger partial charge in [0.05, 0.1) is 4.92 Å². The van der Waals surface area contributed by atoms with Crippen molar-refractivity contribution in [1.82, 2.24) is 9.97 Å². The molecule has 0 radical (unpaired) electrons. The standard InChI is InChI=1S/C15H18N4O2/c1-4-11-6-8-12(9-7-11)13-14(19(20)21)10(3)17-15(18-13)16-5-2/h6-9H,4-5H2,1-3H3,(H,16,17,18). The summed E-state index contributed by atoms with van der Waals surface area (Å²) in [6.07, 6.45) is 0.924. The second-order valence-corrected chi connectivity index (χ2v) is 4.67. The van der Waals surface area contributed by atoms with Gasteiger partial charge in [0.25, 0.3) is 0 Å². The quantitative estimate of drug-likeness (QED) is 0.673. The minimum Gasteiger partial charge on any atom is -0.354 e. The Hall–Kier alpha value is -2.50. The average molecular weight is 286 g/mol. The maximum Gasteiger partial charge on any atom is 0.316 e. The zero-order chi connectivity index (χ0) is 15.4. The lowest BCUT2D eigenvalue weighted by molar-refractivity contribution is -0.385. The van der Waals surface area contributed by atoms with Crippen LogP contribution in [0.3, 0.4) is 0 Å². The maximum absolute atomic E-state index is 11.3. The van der Waals surface area contributed by atoms with Gasteiger partial charge in [0.1, 0.15) is 5.69 Å². The second kappa shape index (κ2) is 6.30. The Balaban J connectivity index is 2.59. The summed E-state index contributed by atoms with van der Waals surface area (Å²) in [5.74, 6) is 0.412. The van der Waals surface area contributed by atoms with E-state index in [2.05, 4.69) is 22.2 Å². The van der Waals surface area contributed by atoms with E-state index in [9.17, 15) is 10.1 Å². The Morgan fingerprint density at radius 3 is 2.38 bits per heavy atom. The van der Waals surface area contributed by atoms with E-state index in [-0.39, 0.29) is 5.69 Å². The molecular formula is C15H18N4O2. The van der Waals surface area contributed by atoms with Crippen LogP contribution in [0.2, 0.25) is 0 Å². The van der Waals surface area contributed by atoms with Crippen LogP contribution in [0.4, 0.5) is 11.6 Å². The molecule has 1 aromatic carbocycles. The molecular weight excluding hydrogens is 268 g/mol. The smallest absolute Gasteiger partial charge is 0.316 e. The summed E-state index contributed by atoms with van der Waals surface area (Å²) < 4.78 is 0. The van der Waals surface area contributed by atoms with Crippen molar-refractivity contribution in [2.45, 2.75) is 27.2 Å². The Labute approximate surface area is 123 Å². The first-order chi connectivity index (χ1) is 10.1.